The van der Waals surface area contributed by atoms with Gasteiger partial charge in [-0.05, 0) is 41.5 Å². The Labute approximate surface area is 172 Å². The van der Waals surface area contributed by atoms with Gasteiger partial charge in [-0.25, -0.2) is 4.98 Å². The molecular weight excluding hydrogens is 382 g/mol. The second-order valence-corrected chi connectivity index (χ2v) is 7.11. The van der Waals surface area contributed by atoms with E-state index in [-0.39, 0.29) is 0 Å². The molecule has 0 saturated heterocycles. The number of aliphatic hydroxyl groups excluding tert-OH is 1. The van der Waals surface area contributed by atoms with Crippen LogP contribution in [0.4, 0.5) is 0 Å². The maximum Gasteiger partial charge on any atom is 0.248 e. The SMILES string of the molecule is NC(=O)c1ccc2[nH]c(-c3ccc(C(O)c4ccc5c(c4)OCCO5)cc3)nc2c1. The standard InChI is InChI=1S/C23H19N3O4/c24-22(28)16-5-7-17-18(11-16)26-23(25-17)14-3-1-13(2-4-14)21(27)15-6-8-19-20(12-15)30-10-9-29-19/h1-8,11-12,21,27H,9-10H2,(H2,24,28)(H,25,26). The molecule has 1 aromatic heterocycles. The molecule has 1 atom stereocenters. The van der Waals surface area contributed by atoms with Crippen LogP contribution in [-0.4, -0.2) is 34.2 Å². The molecule has 3 aromatic carbocycles. The number of carbonyl (C=O) groups is 1. The molecule has 4 aromatic rings. The van der Waals surface area contributed by atoms with Gasteiger partial charge in [0, 0.05) is 11.1 Å². The van der Waals surface area contributed by atoms with Gasteiger partial charge in [-0.2, -0.15) is 0 Å². The molecule has 4 N–H and O–H groups in total. The Morgan fingerprint density at radius 3 is 2.47 bits per heavy atom. The Kier molecular flexibility index (Phi) is 4.37. The third kappa shape index (κ3) is 3.25. The van der Waals surface area contributed by atoms with E-state index in [1.165, 1.54) is 0 Å². The van der Waals surface area contributed by atoms with Gasteiger partial charge in [0.25, 0.3) is 0 Å². The lowest BCUT2D eigenvalue weighted by atomic mass is 10.00. The number of amides is 1. The summed E-state index contributed by atoms with van der Waals surface area (Å²) in [7, 11) is 0. The minimum atomic E-state index is -0.788. The van der Waals surface area contributed by atoms with E-state index in [0.717, 1.165) is 22.2 Å². The third-order valence-electron chi connectivity index (χ3n) is 5.15. The number of nitrogens with one attached hydrogen (secondary N) is 1. The average Bonchev–Trinajstić information content (AvgIpc) is 3.22. The van der Waals surface area contributed by atoms with Crippen molar-refractivity contribution in [1.29, 1.82) is 0 Å². The number of aromatic amines is 1. The summed E-state index contributed by atoms with van der Waals surface area (Å²) in [5.41, 5.74) is 9.59. The fourth-order valence-corrected chi connectivity index (χ4v) is 3.54. The van der Waals surface area contributed by atoms with Crippen LogP contribution < -0.4 is 15.2 Å². The van der Waals surface area contributed by atoms with Crippen molar-refractivity contribution in [3.8, 4) is 22.9 Å². The maximum absolute atomic E-state index is 11.4. The number of hydrogen-bond donors (Lipinski definition) is 3. The number of imidazole rings is 1. The molecule has 1 amide bonds. The summed E-state index contributed by atoms with van der Waals surface area (Å²) < 4.78 is 11.1. The summed E-state index contributed by atoms with van der Waals surface area (Å²) in [6, 6.07) is 18.1. The number of rotatable bonds is 4. The molecular formula is C23H19N3O4. The molecule has 0 fully saturated rings. The molecule has 1 unspecified atom stereocenters. The number of nitrogens with zero attached hydrogens (tertiary/aromatic N) is 1. The lowest BCUT2D eigenvalue weighted by Crippen LogP contribution is -2.15. The molecule has 0 bridgehead atoms. The van der Waals surface area contributed by atoms with Crippen LogP contribution in [0.15, 0.2) is 60.7 Å². The van der Waals surface area contributed by atoms with Crippen LogP contribution in [-0.2, 0) is 0 Å². The normalized spacial score (nSPS) is 13.9. The lowest BCUT2D eigenvalue weighted by Gasteiger charge is -2.20. The van der Waals surface area contributed by atoms with Gasteiger partial charge in [-0.15, -0.1) is 0 Å². The van der Waals surface area contributed by atoms with E-state index < -0.39 is 12.0 Å². The number of benzene rings is 3. The zero-order valence-corrected chi connectivity index (χ0v) is 16.0. The number of hydrogen-bond acceptors (Lipinski definition) is 5. The van der Waals surface area contributed by atoms with Crippen molar-refractivity contribution >= 4 is 16.9 Å². The van der Waals surface area contributed by atoms with Crippen molar-refractivity contribution < 1.29 is 19.4 Å². The van der Waals surface area contributed by atoms with Crippen LogP contribution in [0.1, 0.15) is 27.6 Å². The Bertz CT molecular complexity index is 1250. The van der Waals surface area contributed by atoms with E-state index in [4.69, 9.17) is 15.2 Å². The Hall–Kier alpha value is -3.84. The van der Waals surface area contributed by atoms with Crippen LogP contribution in [0.2, 0.25) is 0 Å². The molecule has 150 valence electrons. The number of primary amides is 1. The highest BCUT2D eigenvalue weighted by Gasteiger charge is 2.17. The Morgan fingerprint density at radius 1 is 0.967 bits per heavy atom. The molecule has 2 heterocycles. The summed E-state index contributed by atoms with van der Waals surface area (Å²) in [6.07, 6.45) is -0.788. The van der Waals surface area contributed by atoms with E-state index in [2.05, 4.69) is 9.97 Å². The molecule has 30 heavy (non-hydrogen) atoms. The molecule has 0 radical (unpaired) electrons. The fraction of sp³-hybridized carbons (Fsp3) is 0.130. The maximum atomic E-state index is 11.4. The number of fused-ring (bicyclic) bond motifs is 2. The quantitative estimate of drug-likeness (QED) is 0.486. The first-order valence-corrected chi connectivity index (χ1v) is 9.56. The largest absolute Gasteiger partial charge is 0.486 e. The smallest absolute Gasteiger partial charge is 0.248 e. The molecule has 1 aliphatic rings. The first-order valence-electron chi connectivity index (χ1n) is 9.56. The molecule has 5 rings (SSSR count). The van der Waals surface area contributed by atoms with Crippen LogP contribution in [0.5, 0.6) is 11.5 Å². The van der Waals surface area contributed by atoms with Crippen molar-refractivity contribution in [2.45, 2.75) is 6.10 Å². The summed E-state index contributed by atoms with van der Waals surface area (Å²) in [5.74, 6) is 1.52. The molecule has 0 aliphatic carbocycles. The van der Waals surface area contributed by atoms with Gasteiger partial charge >= 0.3 is 0 Å². The Balaban J connectivity index is 1.41. The van der Waals surface area contributed by atoms with Crippen molar-refractivity contribution in [2.75, 3.05) is 13.2 Å². The van der Waals surface area contributed by atoms with Gasteiger partial charge in [-0.3, -0.25) is 4.79 Å². The first-order chi connectivity index (χ1) is 14.6. The number of ether oxygens (including phenoxy) is 2. The van der Waals surface area contributed by atoms with Gasteiger partial charge in [0.2, 0.25) is 5.91 Å². The number of aromatic nitrogens is 2. The zero-order valence-electron chi connectivity index (χ0n) is 16.0. The molecule has 7 nitrogen and oxygen atoms in total. The lowest BCUT2D eigenvalue weighted by molar-refractivity contribution is 0.100. The van der Waals surface area contributed by atoms with E-state index in [1.807, 2.05) is 42.5 Å². The summed E-state index contributed by atoms with van der Waals surface area (Å²) in [5, 5.41) is 10.8. The van der Waals surface area contributed by atoms with Crippen LogP contribution in [0, 0.1) is 0 Å². The Morgan fingerprint density at radius 2 is 1.70 bits per heavy atom. The van der Waals surface area contributed by atoms with E-state index in [9.17, 15) is 9.90 Å². The fourth-order valence-electron chi connectivity index (χ4n) is 3.54. The number of nitrogens with two attached hydrogens (primary N) is 1. The molecule has 0 saturated carbocycles. The second kappa shape index (κ2) is 7.20. The van der Waals surface area contributed by atoms with Crippen LogP contribution in [0.25, 0.3) is 22.4 Å². The van der Waals surface area contributed by atoms with Crippen molar-refractivity contribution in [1.82, 2.24) is 9.97 Å². The topological polar surface area (TPSA) is 110 Å². The van der Waals surface area contributed by atoms with Gasteiger partial charge in [0.15, 0.2) is 11.5 Å². The highest BCUT2D eigenvalue weighted by Crippen LogP contribution is 2.34. The predicted octanol–water partition coefficient (Wildman–Crippen LogP) is 3.18. The summed E-state index contributed by atoms with van der Waals surface area (Å²) in [6.45, 7) is 1.03. The minimum Gasteiger partial charge on any atom is -0.486 e. The van der Waals surface area contributed by atoms with Gasteiger partial charge in [0.1, 0.15) is 25.1 Å². The molecule has 7 heteroatoms. The third-order valence-corrected chi connectivity index (χ3v) is 5.15. The van der Waals surface area contributed by atoms with E-state index in [0.29, 0.717) is 41.6 Å². The summed E-state index contributed by atoms with van der Waals surface area (Å²) in [4.78, 5) is 19.2. The molecule has 1 aliphatic heterocycles. The average molecular weight is 401 g/mol. The van der Waals surface area contributed by atoms with Crippen molar-refractivity contribution in [2.24, 2.45) is 5.73 Å². The number of carbonyl (C=O) groups excluding carboxylic acids is 1. The minimum absolute atomic E-state index is 0.415. The van der Waals surface area contributed by atoms with Crippen LogP contribution in [0.3, 0.4) is 0 Å². The zero-order chi connectivity index (χ0) is 20.7. The van der Waals surface area contributed by atoms with E-state index >= 15 is 0 Å². The van der Waals surface area contributed by atoms with E-state index in [1.54, 1.807) is 18.2 Å². The molecule has 0 spiro atoms. The second-order valence-electron chi connectivity index (χ2n) is 7.11. The number of H-pyrrole nitrogens is 1. The highest BCUT2D eigenvalue weighted by molar-refractivity contribution is 5.96. The van der Waals surface area contributed by atoms with Crippen molar-refractivity contribution in [3.05, 3.63) is 77.4 Å². The highest BCUT2D eigenvalue weighted by atomic mass is 16.6. The number of aliphatic hydroxyl groups is 1. The summed E-state index contributed by atoms with van der Waals surface area (Å²) >= 11 is 0. The monoisotopic (exact) mass is 401 g/mol. The van der Waals surface area contributed by atoms with Gasteiger partial charge in [-0.1, -0.05) is 30.3 Å². The van der Waals surface area contributed by atoms with Gasteiger partial charge in [0.05, 0.1) is 11.0 Å². The predicted molar refractivity (Wildman–Crippen MR) is 112 cm³/mol. The van der Waals surface area contributed by atoms with Crippen LogP contribution >= 0.6 is 0 Å². The van der Waals surface area contributed by atoms with Crippen molar-refractivity contribution in [3.63, 3.8) is 0 Å². The van der Waals surface area contributed by atoms with Gasteiger partial charge < -0.3 is 25.3 Å². The first kappa shape index (κ1) is 18.2.